The maximum Gasteiger partial charge on any atom is 0.175 e. The normalized spacial score (nSPS) is 11.8. The molecule has 3 nitrogen and oxygen atoms in total. The summed E-state index contributed by atoms with van der Waals surface area (Å²) < 4.78 is 0. The van der Waals surface area contributed by atoms with E-state index in [2.05, 4.69) is 5.18 Å². The molecule has 1 unspecified atom stereocenters. The number of hydrogen-bond acceptors (Lipinski definition) is 3. The van der Waals surface area contributed by atoms with E-state index in [0.717, 1.165) is 5.56 Å². The Bertz CT molecular complexity index is 523. The Morgan fingerprint density at radius 2 is 1.50 bits per heavy atom. The Morgan fingerprint density at radius 3 is 2.06 bits per heavy atom. The lowest BCUT2D eigenvalue weighted by molar-refractivity contribution is -0.119. The molecule has 0 amide bonds. The van der Waals surface area contributed by atoms with Crippen molar-refractivity contribution in [2.45, 2.75) is 12.5 Å². The monoisotopic (exact) mass is 239 g/mol. The lowest BCUT2D eigenvalue weighted by Gasteiger charge is -2.08. The van der Waals surface area contributed by atoms with Crippen LogP contribution in [0.3, 0.4) is 0 Å². The van der Waals surface area contributed by atoms with Gasteiger partial charge in [-0.1, -0.05) is 65.8 Å². The number of nitrogens with zero attached hydrogens (tertiary/aromatic N) is 1. The zero-order chi connectivity index (χ0) is 12.8. The molecule has 0 saturated carbocycles. The number of Topliss-reactive ketones (excluding diaryl/α,β-unsaturated/α-hetero) is 1. The van der Waals surface area contributed by atoms with Gasteiger partial charge in [0.15, 0.2) is 11.8 Å². The highest BCUT2D eigenvalue weighted by Gasteiger charge is 2.20. The Morgan fingerprint density at radius 1 is 0.944 bits per heavy atom. The number of ketones is 1. The van der Waals surface area contributed by atoms with Crippen molar-refractivity contribution in [1.29, 1.82) is 0 Å². The fourth-order valence-corrected chi connectivity index (χ4v) is 1.83. The molecule has 0 aliphatic carbocycles. The summed E-state index contributed by atoms with van der Waals surface area (Å²) >= 11 is 0. The second kappa shape index (κ2) is 5.87. The lowest BCUT2D eigenvalue weighted by atomic mass is 9.98. The van der Waals surface area contributed by atoms with E-state index in [0.29, 0.717) is 5.56 Å². The van der Waals surface area contributed by atoms with Gasteiger partial charge >= 0.3 is 0 Å². The van der Waals surface area contributed by atoms with E-state index in [1.165, 1.54) is 0 Å². The number of rotatable bonds is 5. The molecule has 0 N–H and O–H groups in total. The molecular weight excluding hydrogens is 226 g/mol. The van der Waals surface area contributed by atoms with E-state index >= 15 is 0 Å². The van der Waals surface area contributed by atoms with Crippen LogP contribution in [0.2, 0.25) is 0 Å². The van der Waals surface area contributed by atoms with Gasteiger partial charge in [0.05, 0.1) is 0 Å². The smallest absolute Gasteiger partial charge is 0.175 e. The maximum absolute atomic E-state index is 12.1. The van der Waals surface area contributed by atoms with Crippen LogP contribution in [0, 0.1) is 4.91 Å². The van der Waals surface area contributed by atoms with Gasteiger partial charge in [-0.25, -0.2) is 0 Å². The van der Waals surface area contributed by atoms with Crippen LogP contribution < -0.4 is 0 Å². The van der Waals surface area contributed by atoms with Crippen molar-refractivity contribution in [2.24, 2.45) is 5.18 Å². The molecule has 0 heterocycles. The number of nitroso groups, excluding NO2 is 1. The summed E-state index contributed by atoms with van der Waals surface area (Å²) in [5, 5.41) is 2.95. The number of carbonyl (C=O) groups is 1. The van der Waals surface area contributed by atoms with Gasteiger partial charge in [0.25, 0.3) is 0 Å². The molecule has 0 radical (unpaired) electrons. The molecule has 0 bridgehead atoms. The Labute approximate surface area is 105 Å². The second-order valence-corrected chi connectivity index (χ2v) is 4.05. The van der Waals surface area contributed by atoms with E-state index < -0.39 is 6.04 Å². The highest BCUT2D eigenvalue weighted by Crippen LogP contribution is 2.19. The molecule has 0 aromatic heterocycles. The van der Waals surface area contributed by atoms with Crippen molar-refractivity contribution in [3.8, 4) is 0 Å². The summed E-state index contributed by atoms with van der Waals surface area (Å²) in [6, 6.07) is 17.4. The molecule has 0 saturated heterocycles. The van der Waals surface area contributed by atoms with Crippen molar-refractivity contribution in [1.82, 2.24) is 0 Å². The first-order valence-corrected chi connectivity index (χ1v) is 5.75. The molecule has 1 atom stereocenters. The zero-order valence-corrected chi connectivity index (χ0v) is 9.82. The molecule has 3 heteroatoms. The van der Waals surface area contributed by atoms with Crippen molar-refractivity contribution in [3.05, 3.63) is 76.7 Å². The summed E-state index contributed by atoms with van der Waals surface area (Å²) in [5.41, 5.74) is 1.54. The molecule has 2 rings (SSSR count). The predicted octanol–water partition coefficient (Wildman–Crippen LogP) is 3.31. The van der Waals surface area contributed by atoms with E-state index in [9.17, 15) is 9.70 Å². The minimum atomic E-state index is -0.911. The fraction of sp³-hybridized carbons (Fsp3) is 0.133. The summed E-state index contributed by atoms with van der Waals surface area (Å²) in [5.74, 6) is -0.178. The molecule has 2 aromatic carbocycles. The van der Waals surface area contributed by atoms with E-state index in [4.69, 9.17) is 0 Å². The summed E-state index contributed by atoms with van der Waals surface area (Å²) in [6.07, 6.45) is 0.228. The van der Waals surface area contributed by atoms with Crippen molar-refractivity contribution in [2.75, 3.05) is 0 Å². The van der Waals surface area contributed by atoms with Crippen LogP contribution in [0.15, 0.2) is 65.8 Å². The first kappa shape index (κ1) is 12.2. The molecular formula is C15H13NO2. The van der Waals surface area contributed by atoms with Gasteiger partial charge in [0.2, 0.25) is 0 Å². The number of carbonyl (C=O) groups excluding carboxylic acids is 1. The average Bonchev–Trinajstić information content (AvgIpc) is 2.42. The zero-order valence-electron chi connectivity index (χ0n) is 9.82. The predicted molar refractivity (Wildman–Crippen MR) is 70.1 cm³/mol. The molecule has 0 fully saturated rings. The molecule has 0 aliphatic heterocycles. The van der Waals surface area contributed by atoms with E-state index in [1.54, 1.807) is 24.3 Å². The number of benzene rings is 2. The average molecular weight is 239 g/mol. The third kappa shape index (κ3) is 2.88. The lowest BCUT2D eigenvalue weighted by Crippen LogP contribution is -2.12. The van der Waals surface area contributed by atoms with Gasteiger partial charge < -0.3 is 0 Å². The molecule has 0 aliphatic rings. The van der Waals surface area contributed by atoms with Crippen LogP contribution in [-0.4, -0.2) is 5.78 Å². The quantitative estimate of drug-likeness (QED) is 0.751. The van der Waals surface area contributed by atoms with Gasteiger partial charge in [0, 0.05) is 6.42 Å². The molecule has 90 valence electrons. The van der Waals surface area contributed by atoms with Gasteiger partial charge in [0.1, 0.15) is 0 Å². The molecule has 0 spiro atoms. The SMILES string of the molecule is O=NC(C(=O)Cc1ccccc1)c1ccccc1. The van der Waals surface area contributed by atoms with Crippen molar-refractivity contribution in [3.63, 3.8) is 0 Å². The summed E-state index contributed by atoms with van der Waals surface area (Å²) in [4.78, 5) is 22.9. The van der Waals surface area contributed by atoms with Crippen LogP contribution in [0.4, 0.5) is 0 Å². The highest BCUT2D eigenvalue weighted by atomic mass is 16.3. The Hall–Kier alpha value is -2.29. The number of hydrogen-bond donors (Lipinski definition) is 0. The third-order valence-corrected chi connectivity index (χ3v) is 2.75. The van der Waals surface area contributed by atoms with Crippen LogP contribution >= 0.6 is 0 Å². The molecule has 2 aromatic rings. The van der Waals surface area contributed by atoms with Gasteiger partial charge in [-0.15, -0.1) is 4.91 Å². The Balaban J connectivity index is 2.14. The fourth-order valence-electron chi connectivity index (χ4n) is 1.83. The minimum absolute atomic E-state index is 0.178. The third-order valence-electron chi connectivity index (χ3n) is 2.75. The standard InChI is InChI=1S/C15H13NO2/c17-14(11-12-7-3-1-4-8-12)15(16-18)13-9-5-2-6-10-13/h1-10,15H,11H2. The van der Waals surface area contributed by atoms with Crippen LogP contribution in [0.25, 0.3) is 0 Å². The topological polar surface area (TPSA) is 46.5 Å². The van der Waals surface area contributed by atoms with Gasteiger partial charge in [-0.3, -0.25) is 4.79 Å². The summed E-state index contributed by atoms with van der Waals surface area (Å²) in [6.45, 7) is 0. The van der Waals surface area contributed by atoms with Crippen molar-refractivity contribution < 1.29 is 4.79 Å². The second-order valence-electron chi connectivity index (χ2n) is 4.05. The maximum atomic E-state index is 12.1. The first-order chi connectivity index (χ1) is 8.81. The van der Waals surface area contributed by atoms with Crippen molar-refractivity contribution >= 4 is 5.78 Å². The minimum Gasteiger partial charge on any atom is -0.296 e. The highest BCUT2D eigenvalue weighted by molar-refractivity contribution is 5.87. The van der Waals surface area contributed by atoms with Gasteiger partial charge in [-0.2, -0.15) is 0 Å². The summed E-state index contributed by atoms with van der Waals surface area (Å²) in [7, 11) is 0. The van der Waals surface area contributed by atoms with Crippen LogP contribution in [0.1, 0.15) is 17.2 Å². The van der Waals surface area contributed by atoms with E-state index in [-0.39, 0.29) is 12.2 Å². The molecule has 18 heavy (non-hydrogen) atoms. The largest absolute Gasteiger partial charge is 0.296 e. The van der Waals surface area contributed by atoms with Gasteiger partial charge in [-0.05, 0) is 11.1 Å². The van der Waals surface area contributed by atoms with E-state index in [1.807, 2.05) is 36.4 Å². The Kier molecular flexibility index (Phi) is 3.97. The van der Waals surface area contributed by atoms with Crippen LogP contribution in [-0.2, 0) is 11.2 Å². The van der Waals surface area contributed by atoms with Crippen LogP contribution in [0.5, 0.6) is 0 Å². The first-order valence-electron chi connectivity index (χ1n) is 5.75.